The van der Waals surface area contributed by atoms with Crippen LogP contribution in [0.2, 0.25) is 0 Å². The Labute approximate surface area is 338 Å². The first-order chi connectivity index (χ1) is 28.2. The van der Waals surface area contributed by atoms with E-state index in [1.165, 1.54) is 73.7 Å². The average Bonchev–Trinajstić information content (AvgIpc) is 3.86. The van der Waals surface area contributed by atoms with E-state index < -0.39 is 0 Å². The van der Waals surface area contributed by atoms with Gasteiger partial charge in [0, 0.05) is 75.4 Å². The zero-order valence-electron chi connectivity index (χ0n) is 30.7. The molecule has 0 aliphatic rings. The summed E-state index contributed by atoms with van der Waals surface area (Å²) in [5.41, 5.74) is 11.8. The van der Waals surface area contributed by atoms with Crippen LogP contribution in [0.3, 0.4) is 0 Å². The lowest BCUT2D eigenvalue weighted by atomic mass is 9.97. The van der Waals surface area contributed by atoms with Gasteiger partial charge in [0.15, 0.2) is 5.82 Å². The fourth-order valence-corrected chi connectivity index (χ4v) is 10.6. The average molecular weight is 764 g/mol. The summed E-state index contributed by atoms with van der Waals surface area (Å²) in [4.78, 5) is 11.2. The first kappa shape index (κ1) is 33.4. The molecule has 0 amide bonds. The largest absolute Gasteiger partial charge is 0.310 e. The maximum Gasteiger partial charge on any atom is 0.159 e. The number of fused-ring (bicyclic) bond motifs is 6. The molecule has 3 nitrogen and oxygen atoms in total. The van der Waals surface area contributed by atoms with Crippen molar-refractivity contribution in [2.75, 3.05) is 4.90 Å². The number of thiophene rings is 2. The Balaban J connectivity index is 0.961. The van der Waals surface area contributed by atoms with Gasteiger partial charge in [0.2, 0.25) is 0 Å². The van der Waals surface area contributed by atoms with Crippen LogP contribution >= 0.6 is 22.7 Å². The van der Waals surface area contributed by atoms with E-state index in [-0.39, 0.29) is 0 Å². The molecule has 11 aromatic rings. The number of aromatic nitrogens is 2. The lowest BCUT2D eigenvalue weighted by molar-refractivity contribution is 1.17. The molecule has 3 heterocycles. The Morgan fingerprint density at radius 3 is 1.68 bits per heavy atom. The highest BCUT2D eigenvalue weighted by Gasteiger charge is 2.17. The van der Waals surface area contributed by atoms with Crippen LogP contribution in [0.1, 0.15) is 0 Å². The second-order valence-corrected chi connectivity index (χ2v) is 16.3. The lowest BCUT2D eigenvalue weighted by Gasteiger charge is -2.25. The minimum absolute atomic E-state index is 0.721. The number of rotatable bonds is 7. The molecule has 0 saturated carbocycles. The SMILES string of the molecule is c1ccc(-c2cccc3c2sc2c(-c4cccc(-c5ccc6c(c5)sc5ccc(N(c7ccccc7)c7ccc(-c8ncccn8)cc7)cc56)c4)cccc23)cc1. The lowest BCUT2D eigenvalue weighted by Crippen LogP contribution is -2.09. The molecule has 0 saturated heterocycles. The van der Waals surface area contributed by atoms with Gasteiger partial charge >= 0.3 is 0 Å². The van der Waals surface area contributed by atoms with Gasteiger partial charge < -0.3 is 4.90 Å². The number of benzene rings is 8. The van der Waals surface area contributed by atoms with E-state index in [1.54, 1.807) is 12.4 Å². The Bertz CT molecular complexity index is 3230. The quantitative estimate of drug-likeness (QED) is 0.162. The van der Waals surface area contributed by atoms with Crippen LogP contribution in [-0.2, 0) is 0 Å². The number of nitrogens with zero attached hydrogens (tertiary/aromatic N) is 3. The van der Waals surface area contributed by atoms with Crippen LogP contribution in [-0.4, -0.2) is 9.97 Å². The summed E-state index contributed by atoms with van der Waals surface area (Å²) in [6.45, 7) is 0. The first-order valence-corrected chi connectivity index (χ1v) is 20.7. The molecule has 3 aromatic heterocycles. The van der Waals surface area contributed by atoms with Crippen molar-refractivity contribution in [2.45, 2.75) is 0 Å². The van der Waals surface area contributed by atoms with Crippen LogP contribution < -0.4 is 4.90 Å². The fourth-order valence-electron chi connectivity index (χ4n) is 8.07. The molecule has 0 N–H and O–H groups in total. The summed E-state index contributed by atoms with van der Waals surface area (Å²) in [6.07, 6.45) is 3.56. The molecule has 0 spiro atoms. The predicted octanol–water partition coefficient (Wildman–Crippen LogP) is 15.4. The van der Waals surface area contributed by atoms with Crippen molar-refractivity contribution < 1.29 is 0 Å². The van der Waals surface area contributed by atoms with E-state index in [9.17, 15) is 0 Å². The zero-order valence-corrected chi connectivity index (χ0v) is 32.3. The van der Waals surface area contributed by atoms with Crippen molar-refractivity contribution in [3.8, 4) is 44.8 Å². The molecule has 268 valence electrons. The molecule has 0 bridgehead atoms. The van der Waals surface area contributed by atoms with Crippen molar-refractivity contribution in [2.24, 2.45) is 0 Å². The molecule has 5 heteroatoms. The molecule has 0 aliphatic carbocycles. The van der Waals surface area contributed by atoms with Gasteiger partial charge in [0.1, 0.15) is 0 Å². The van der Waals surface area contributed by atoms with E-state index in [1.807, 2.05) is 28.7 Å². The summed E-state index contributed by atoms with van der Waals surface area (Å²) in [5.74, 6) is 0.721. The van der Waals surface area contributed by atoms with Gasteiger partial charge in [-0.2, -0.15) is 0 Å². The van der Waals surface area contributed by atoms with Crippen LogP contribution in [0.4, 0.5) is 17.1 Å². The van der Waals surface area contributed by atoms with Crippen molar-refractivity contribution >= 4 is 80.1 Å². The topological polar surface area (TPSA) is 29.0 Å². The number of para-hydroxylation sites is 1. The Kier molecular flexibility index (Phi) is 8.20. The van der Waals surface area contributed by atoms with E-state index in [2.05, 4.69) is 197 Å². The van der Waals surface area contributed by atoms with Crippen molar-refractivity contribution in [3.05, 3.63) is 200 Å². The number of hydrogen-bond acceptors (Lipinski definition) is 5. The fraction of sp³-hybridized carbons (Fsp3) is 0. The summed E-state index contributed by atoms with van der Waals surface area (Å²) < 4.78 is 5.22. The molecular weight excluding hydrogens is 731 g/mol. The van der Waals surface area contributed by atoms with Crippen molar-refractivity contribution in [1.82, 2.24) is 9.97 Å². The minimum Gasteiger partial charge on any atom is -0.310 e. The van der Waals surface area contributed by atoms with E-state index in [0.717, 1.165) is 28.5 Å². The smallest absolute Gasteiger partial charge is 0.159 e. The van der Waals surface area contributed by atoms with Gasteiger partial charge in [-0.25, -0.2) is 9.97 Å². The number of anilines is 3. The van der Waals surface area contributed by atoms with Crippen molar-refractivity contribution in [1.29, 1.82) is 0 Å². The van der Waals surface area contributed by atoms with E-state index in [0.29, 0.717) is 0 Å². The maximum absolute atomic E-state index is 4.45. The third kappa shape index (κ3) is 5.96. The van der Waals surface area contributed by atoms with Gasteiger partial charge in [0.05, 0.1) is 0 Å². The van der Waals surface area contributed by atoms with E-state index in [4.69, 9.17) is 0 Å². The molecule has 57 heavy (non-hydrogen) atoms. The molecular formula is C52H33N3S2. The Morgan fingerprint density at radius 1 is 0.333 bits per heavy atom. The predicted molar refractivity (Wildman–Crippen MR) is 244 cm³/mol. The summed E-state index contributed by atoms with van der Waals surface area (Å²) in [5, 5.41) is 5.15. The second-order valence-electron chi connectivity index (χ2n) is 14.2. The number of hydrogen-bond donors (Lipinski definition) is 0. The summed E-state index contributed by atoms with van der Waals surface area (Å²) >= 11 is 3.76. The highest BCUT2D eigenvalue weighted by atomic mass is 32.1. The van der Waals surface area contributed by atoms with Gasteiger partial charge in [-0.1, -0.05) is 115 Å². The van der Waals surface area contributed by atoms with Gasteiger partial charge in [-0.3, -0.25) is 0 Å². The normalized spacial score (nSPS) is 11.5. The first-order valence-electron chi connectivity index (χ1n) is 19.0. The molecule has 11 rings (SSSR count). The highest BCUT2D eigenvalue weighted by Crippen LogP contribution is 2.45. The minimum atomic E-state index is 0.721. The third-order valence-electron chi connectivity index (χ3n) is 10.8. The van der Waals surface area contributed by atoms with Crippen LogP contribution in [0.5, 0.6) is 0 Å². The Hall–Kier alpha value is -6.92. The van der Waals surface area contributed by atoms with E-state index >= 15 is 0 Å². The maximum atomic E-state index is 4.45. The standard InChI is InChI=1S/C52H33N3S2/c1-3-11-34(12-4-1)42-17-8-19-45-46-20-9-18-43(51(46)57-50(42)45)38-14-7-13-36(31-38)37-23-27-44-47-33-41(26-28-48(47)56-49(44)32-37)55(39-15-5-2-6-16-39)40-24-21-35(22-25-40)52-53-29-10-30-54-52/h1-33H. The van der Waals surface area contributed by atoms with Crippen molar-refractivity contribution in [3.63, 3.8) is 0 Å². The second kappa shape index (κ2) is 14.0. The monoisotopic (exact) mass is 763 g/mol. The summed E-state index contributed by atoms with van der Waals surface area (Å²) in [7, 11) is 0. The van der Waals surface area contributed by atoms with Crippen LogP contribution in [0.15, 0.2) is 200 Å². The molecule has 8 aromatic carbocycles. The molecule has 0 aliphatic heterocycles. The van der Waals surface area contributed by atoms with Crippen LogP contribution in [0.25, 0.3) is 85.1 Å². The summed E-state index contributed by atoms with van der Waals surface area (Å²) in [6, 6.07) is 67.9. The zero-order chi connectivity index (χ0) is 37.7. The van der Waals surface area contributed by atoms with Crippen LogP contribution in [0, 0.1) is 0 Å². The third-order valence-corrected chi connectivity index (χ3v) is 13.2. The highest BCUT2D eigenvalue weighted by molar-refractivity contribution is 7.27. The Morgan fingerprint density at radius 2 is 0.930 bits per heavy atom. The molecule has 0 fully saturated rings. The van der Waals surface area contributed by atoms with Gasteiger partial charge in [-0.15, -0.1) is 22.7 Å². The molecule has 0 radical (unpaired) electrons. The van der Waals surface area contributed by atoms with Gasteiger partial charge in [0.25, 0.3) is 0 Å². The molecule has 0 atom stereocenters. The van der Waals surface area contributed by atoms with Gasteiger partial charge in [-0.05, 0) is 106 Å². The molecule has 0 unspecified atom stereocenters.